The van der Waals surface area contributed by atoms with Gasteiger partial charge in [-0.15, -0.1) is 0 Å². The van der Waals surface area contributed by atoms with E-state index in [1.807, 2.05) is 24.3 Å². The van der Waals surface area contributed by atoms with E-state index in [-0.39, 0.29) is 0 Å². The van der Waals surface area contributed by atoms with Crippen LogP contribution in [0.2, 0.25) is 0 Å². The smallest absolute Gasteiger partial charge is 0.310 e. The minimum absolute atomic E-state index is 0.463. The average molecular weight is 268 g/mol. The molecular formula is C18H20O2. The van der Waals surface area contributed by atoms with Gasteiger partial charge in [-0.2, -0.15) is 0 Å². The molecule has 2 rings (SSSR count). The average Bonchev–Trinajstić information content (AvgIpc) is 2.42. The van der Waals surface area contributed by atoms with Crippen molar-refractivity contribution < 1.29 is 9.90 Å². The van der Waals surface area contributed by atoms with Gasteiger partial charge in [0.05, 0.1) is 5.92 Å². The molecule has 1 unspecified atom stereocenters. The highest BCUT2D eigenvalue weighted by Crippen LogP contribution is 2.19. The molecule has 0 aliphatic carbocycles. The molecule has 0 aliphatic heterocycles. The number of aliphatic carboxylic acids is 1. The lowest BCUT2D eigenvalue weighted by Crippen LogP contribution is -2.07. The van der Waals surface area contributed by atoms with Crippen molar-refractivity contribution in [1.29, 1.82) is 0 Å². The number of hydrogen-bond acceptors (Lipinski definition) is 1. The second-order valence-corrected chi connectivity index (χ2v) is 5.40. The number of aryl methyl sites for hydroxylation is 2. The maximum atomic E-state index is 11.1. The van der Waals surface area contributed by atoms with Crippen LogP contribution in [0.15, 0.2) is 42.5 Å². The maximum absolute atomic E-state index is 11.1. The van der Waals surface area contributed by atoms with Crippen LogP contribution in [0.1, 0.15) is 40.7 Å². The molecule has 0 spiro atoms. The van der Waals surface area contributed by atoms with Crippen molar-refractivity contribution >= 4 is 5.97 Å². The van der Waals surface area contributed by atoms with Gasteiger partial charge in [0.25, 0.3) is 0 Å². The third-order valence-corrected chi connectivity index (χ3v) is 3.80. The largest absolute Gasteiger partial charge is 0.481 e. The first-order chi connectivity index (χ1) is 9.47. The Morgan fingerprint density at radius 3 is 2.40 bits per heavy atom. The van der Waals surface area contributed by atoms with Gasteiger partial charge >= 0.3 is 5.97 Å². The monoisotopic (exact) mass is 268 g/mol. The van der Waals surface area contributed by atoms with Crippen molar-refractivity contribution in [3.05, 3.63) is 70.3 Å². The van der Waals surface area contributed by atoms with Gasteiger partial charge in [0.1, 0.15) is 0 Å². The third kappa shape index (κ3) is 3.27. The first-order valence-corrected chi connectivity index (χ1v) is 6.85. The molecule has 0 amide bonds. The summed E-state index contributed by atoms with van der Waals surface area (Å²) in [6.45, 7) is 5.94. The predicted octanol–water partition coefficient (Wildman–Crippen LogP) is 4.08. The van der Waals surface area contributed by atoms with Gasteiger partial charge in [-0.3, -0.25) is 4.79 Å². The maximum Gasteiger partial charge on any atom is 0.310 e. The molecule has 1 N–H and O–H groups in total. The van der Waals surface area contributed by atoms with Crippen LogP contribution in [-0.2, 0) is 11.2 Å². The minimum atomic E-state index is -0.784. The van der Waals surface area contributed by atoms with Crippen molar-refractivity contribution in [1.82, 2.24) is 0 Å². The molecule has 2 aromatic carbocycles. The summed E-state index contributed by atoms with van der Waals surface area (Å²) in [5.41, 5.74) is 5.85. The highest BCUT2D eigenvalue weighted by molar-refractivity contribution is 5.75. The minimum Gasteiger partial charge on any atom is -0.481 e. The van der Waals surface area contributed by atoms with E-state index in [4.69, 9.17) is 5.11 Å². The SMILES string of the molecule is Cc1ccc(Cc2cccc(C(C)C(=O)O)c2)cc1C. The summed E-state index contributed by atoms with van der Waals surface area (Å²) in [5, 5.41) is 9.08. The Labute approximate surface area is 120 Å². The van der Waals surface area contributed by atoms with E-state index < -0.39 is 11.9 Å². The van der Waals surface area contributed by atoms with Crippen molar-refractivity contribution in [2.45, 2.75) is 33.1 Å². The molecule has 1 atom stereocenters. The zero-order valence-corrected chi connectivity index (χ0v) is 12.2. The van der Waals surface area contributed by atoms with E-state index in [2.05, 4.69) is 32.0 Å². The highest BCUT2D eigenvalue weighted by Gasteiger charge is 2.13. The predicted molar refractivity (Wildman–Crippen MR) is 81.2 cm³/mol. The van der Waals surface area contributed by atoms with Gasteiger partial charge in [-0.1, -0.05) is 42.5 Å². The second-order valence-electron chi connectivity index (χ2n) is 5.40. The first kappa shape index (κ1) is 14.3. The van der Waals surface area contributed by atoms with Crippen LogP contribution in [-0.4, -0.2) is 11.1 Å². The van der Waals surface area contributed by atoms with Crippen LogP contribution < -0.4 is 0 Å². The highest BCUT2D eigenvalue weighted by atomic mass is 16.4. The summed E-state index contributed by atoms with van der Waals surface area (Å²) < 4.78 is 0. The Morgan fingerprint density at radius 1 is 1.05 bits per heavy atom. The van der Waals surface area contributed by atoms with E-state index in [0.717, 1.165) is 17.5 Å². The standard InChI is InChI=1S/C18H20O2/c1-12-7-8-16(9-13(12)2)10-15-5-4-6-17(11-15)14(3)18(19)20/h4-9,11,14H,10H2,1-3H3,(H,19,20). The summed E-state index contributed by atoms with van der Waals surface area (Å²) >= 11 is 0. The molecule has 20 heavy (non-hydrogen) atoms. The zero-order valence-electron chi connectivity index (χ0n) is 12.2. The molecule has 104 valence electrons. The quantitative estimate of drug-likeness (QED) is 0.907. The Bertz CT molecular complexity index is 629. The van der Waals surface area contributed by atoms with E-state index in [9.17, 15) is 4.79 Å². The Morgan fingerprint density at radius 2 is 1.75 bits per heavy atom. The molecule has 0 saturated carbocycles. The van der Waals surface area contributed by atoms with Gasteiger partial charge in [-0.05, 0) is 55.0 Å². The van der Waals surface area contributed by atoms with Gasteiger partial charge in [-0.25, -0.2) is 0 Å². The molecule has 0 heterocycles. The third-order valence-electron chi connectivity index (χ3n) is 3.80. The molecule has 2 heteroatoms. The van der Waals surface area contributed by atoms with Crippen LogP contribution >= 0.6 is 0 Å². The van der Waals surface area contributed by atoms with Crippen LogP contribution in [0.4, 0.5) is 0 Å². The summed E-state index contributed by atoms with van der Waals surface area (Å²) in [7, 11) is 0. The topological polar surface area (TPSA) is 37.3 Å². The molecule has 0 saturated heterocycles. The van der Waals surface area contributed by atoms with Crippen LogP contribution in [0.3, 0.4) is 0 Å². The molecule has 0 bridgehead atoms. The first-order valence-electron chi connectivity index (χ1n) is 6.85. The number of benzene rings is 2. The second kappa shape index (κ2) is 5.91. The number of rotatable bonds is 4. The van der Waals surface area contributed by atoms with Crippen molar-refractivity contribution in [2.75, 3.05) is 0 Å². The molecule has 0 fully saturated rings. The van der Waals surface area contributed by atoms with Crippen LogP contribution in [0.25, 0.3) is 0 Å². The van der Waals surface area contributed by atoms with Gasteiger partial charge in [0, 0.05) is 0 Å². The summed E-state index contributed by atoms with van der Waals surface area (Å²) in [6.07, 6.45) is 0.835. The Balaban J connectivity index is 2.23. The fourth-order valence-corrected chi connectivity index (χ4v) is 2.26. The van der Waals surface area contributed by atoms with Crippen molar-refractivity contribution in [3.8, 4) is 0 Å². The number of hydrogen-bond donors (Lipinski definition) is 1. The summed E-state index contributed by atoms with van der Waals surface area (Å²) in [4.78, 5) is 11.1. The Hall–Kier alpha value is -2.09. The molecule has 0 aliphatic rings. The van der Waals surface area contributed by atoms with E-state index in [1.54, 1.807) is 6.92 Å². The number of carbonyl (C=O) groups is 1. The summed E-state index contributed by atoms with van der Waals surface area (Å²) in [5.74, 6) is -1.25. The van der Waals surface area contributed by atoms with Gasteiger partial charge < -0.3 is 5.11 Å². The number of carboxylic acid groups (broad SMARTS) is 1. The molecule has 0 radical (unpaired) electrons. The fraction of sp³-hybridized carbons (Fsp3) is 0.278. The fourth-order valence-electron chi connectivity index (χ4n) is 2.26. The lowest BCUT2D eigenvalue weighted by atomic mass is 9.95. The molecule has 2 aromatic rings. The van der Waals surface area contributed by atoms with Gasteiger partial charge in [0.2, 0.25) is 0 Å². The number of carboxylic acids is 1. The van der Waals surface area contributed by atoms with Crippen LogP contribution in [0.5, 0.6) is 0 Å². The zero-order chi connectivity index (χ0) is 14.7. The molecule has 2 nitrogen and oxygen atoms in total. The lowest BCUT2D eigenvalue weighted by molar-refractivity contribution is -0.138. The normalized spacial score (nSPS) is 12.2. The van der Waals surface area contributed by atoms with E-state index in [0.29, 0.717) is 0 Å². The molecular weight excluding hydrogens is 248 g/mol. The van der Waals surface area contributed by atoms with Crippen molar-refractivity contribution in [3.63, 3.8) is 0 Å². The van der Waals surface area contributed by atoms with Gasteiger partial charge in [0.15, 0.2) is 0 Å². The van der Waals surface area contributed by atoms with Crippen LogP contribution in [0, 0.1) is 13.8 Å². The van der Waals surface area contributed by atoms with E-state index in [1.165, 1.54) is 16.7 Å². The van der Waals surface area contributed by atoms with Crippen molar-refractivity contribution in [2.24, 2.45) is 0 Å². The van der Waals surface area contributed by atoms with E-state index >= 15 is 0 Å². The lowest BCUT2D eigenvalue weighted by Gasteiger charge is -2.10. The molecule has 0 aromatic heterocycles. The summed E-state index contributed by atoms with van der Waals surface area (Å²) in [6, 6.07) is 14.3. The Kier molecular flexibility index (Phi) is 4.23.